The smallest absolute Gasteiger partial charge is 0.213 e. The molecule has 1 saturated heterocycles. The number of hydrogen-bond acceptors (Lipinski definition) is 5. The Morgan fingerprint density at radius 1 is 1.21 bits per heavy atom. The van der Waals surface area contributed by atoms with Gasteiger partial charge in [-0.25, -0.2) is 0 Å². The zero-order chi connectivity index (χ0) is 18.6. The topological polar surface area (TPSA) is 70.8 Å². The van der Waals surface area contributed by atoms with E-state index in [9.17, 15) is 10.1 Å². The summed E-state index contributed by atoms with van der Waals surface area (Å²) in [6.45, 7) is 16.1. The summed E-state index contributed by atoms with van der Waals surface area (Å²) in [7, 11) is -1.83. The van der Waals surface area contributed by atoms with Gasteiger partial charge in [-0.15, -0.1) is 0 Å². The van der Waals surface area contributed by atoms with Gasteiger partial charge in [0.15, 0.2) is 14.1 Å². The van der Waals surface area contributed by atoms with Gasteiger partial charge < -0.3 is 13.9 Å². The summed E-state index contributed by atoms with van der Waals surface area (Å²) in [4.78, 5) is 11.2. The average molecular weight is 362 g/mol. The van der Waals surface area contributed by atoms with Gasteiger partial charge in [-0.05, 0) is 38.4 Å². The second-order valence-electron chi connectivity index (χ2n) is 8.57. The van der Waals surface area contributed by atoms with E-state index in [2.05, 4.69) is 33.9 Å². The van der Waals surface area contributed by atoms with Crippen LogP contribution in [0.25, 0.3) is 0 Å². The van der Waals surface area contributed by atoms with Crippen LogP contribution in [0.1, 0.15) is 60.3 Å². The Morgan fingerprint density at radius 3 is 2.21 bits per heavy atom. The van der Waals surface area contributed by atoms with Crippen LogP contribution < -0.4 is 0 Å². The van der Waals surface area contributed by atoms with Gasteiger partial charge in [0.2, 0.25) is 6.04 Å². The molecule has 1 heterocycles. The van der Waals surface area contributed by atoms with Gasteiger partial charge in [0.1, 0.15) is 0 Å². The first-order valence-electron chi connectivity index (χ1n) is 8.95. The standard InChI is InChI=1S/C17H35NO5Si/c1-14(23-24(6,7)16(2,3)4)8-9-15(18(19)20)10-11-17(5)21-12-13-22-17/h14-15H,8-13H2,1-7H3. The fraction of sp³-hybridized carbons (Fsp3) is 1.00. The maximum absolute atomic E-state index is 11.4. The second kappa shape index (κ2) is 8.25. The van der Waals surface area contributed by atoms with Gasteiger partial charge >= 0.3 is 0 Å². The van der Waals surface area contributed by atoms with Crippen molar-refractivity contribution in [2.24, 2.45) is 0 Å². The van der Waals surface area contributed by atoms with Gasteiger partial charge in [0.05, 0.1) is 13.2 Å². The monoisotopic (exact) mass is 361 g/mol. The summed E-state index contributed by atoms with van der Waals surface area (Å²) in [6.07, 6.45) is 2.30. The van der Waals surface area contributed by atoms with Gasteiger partial charge in [0.25, 0.3) is 0 Å². The Labute approximate surface area is 147 Å². The minimum atomic E-state index is -1.83. The Bertz CT molecular complexity index is 416. The molecule has 1 fully saturated rings. The fourth-order valence-electron chi connectivity index (χ4n) is 2.65. The van der Waals surface area contributed by atoms with Gasteiger partial charge in [-0.2, -0.15) is 0 Å². The SMILES string of the molecule is CC(CCC(CCC1(C)OCCO1)[N+](=O)[O-])O[Si](C)(C)C(C)(C)C. The van der Waals surface area contributed by atoms with Crippen LogP contribution in [0.2, 0.25) is 18.1 Å². The van der Waals surface area contributed by atoms with Crippen molar-refractivity contribution < 1.29 is 18.8 Å². The van der Waals surface area contributed by atoms with Crippen molar-refractivity contribution in [1.82, 2.24) is 0 Å². The molecule has 0 N–H and O–H groups in total. The lowest BCUT2D eigenvalue weighted by atomic mass is 10.0. The molecule has 0 bridgehead atoms. The predicted octanol–water partition coefficient (Wildman–Crippen LogP) is 4.37. The van der Waals surface area contributed by atoms with E-state index in [1.807, 2.05) is 13.8 Å². The highest BCUT2D eigenvalue weighted by Gasteiger charge is 2.39. The molecule has 0 aromatic heterocycles. The molecule has 0 aliphatic carbocycles. The summed E-state index contributed by atoms with van der Waals surface area (Å²) in [5.74, 6) is -0.655. The highest BCUT2D eigenvalue weighted by atomic mass is 28.4. The third-order valence-corrected chi connectivity index (χ3v) is 9.94. The van der Waals surface area contributed by atoms with Crippen LogP contribution in [0, 0.1) is 10.1 Å². The molecule has 0 aromatic rings. The van der Waals surface area contributed by atoms with Gasteiger partial charge in [-0.3, -0.25) is 10.1 Å². The van der Waals surface area contributed by atoms with Crippen molar-refractivity contribution in [3.05, 3.63) is 10.1 Å². The Balaban J connectivity index is 2.47. The van der Waals surface area contributed by atoms with Crippen LogP contribution >= 0.6 is 0 Å². The van der Waals surface area contributed by atoms with Crippen LogP contribution in [0.15, 0.2) is 0 Å². The van der Waals surface area contributed by atoms with Crippen molar-refractivity contribution in [3.8, 4) is 0 Å². The molecule has 7 heteroatoms. The lowest BCUT2D eigenvalue weighted by Gasteiger charge is -2.38. The van der Waals surface area contributed by atoms with Crippen molar-refractivity contribution in [2.75, 3.05) is 13.2 Å². The predicted molar refractivity (Wildman–Crippen MR) is 97.3 cm³/mol. The first kappa shape index (κ1) is 21.5. The Morgan fingerprint density at radius 2 is 1.75 bits per heavy atom. The molecule has 24 heavy (non-hydrogen) atoms. The fourth-order valence-corrected chi connectivity index (χ4v) is 4.13. The third-order valence-electron chi connectivity index (χ3n) is 5.34. The van der Waals surface area contributed by atoms with Crippen molar-refractivity contribution in [3.63, 3.8) is 0 Å². The quantitative estimate of drug-likeness (QED) is 0.346. The first-order valence-corrected chi connectivity index (χ1v) is 11.9. The molecule has 0 amide bonds. The van der Waals surface area contributed by atoms with E-state index in [0.29, 0.717) is 38.9 Å². The molecule has 0 aromatic carbocycles. The number of hydrogen-bond donors (Lipinski definition) is 0. The van der Waals surface area contributed by atoms with Crippen LogP contribution in [-0.2, 0) is 13.9 Å². The van der Waals surface area contributed by atoms with Crippen LogP contribution in [0.4, 0.5) is 0 Å². The maximum Gasteiger partial charge on any atom is 0.213 e. The van der Waals surface area contributed by atoms with E-state index < -0.39 is 20.1 Å². The molecular formula is C17H35NO5Si. The van der Waals surface area contributed by atoms with Crippen molar-refractivity contribution in [1.29, 1.82) is 0 Å². The average Bonchev–Trinajstić information content (AvgIpc) is 2.83. The van der Waals surface area contributed by atoms with Crippen LogP contribution in [0.5, 0.6) is 0 Å². The van der Waals surface area contributed by atoms with E-state index in [1.54, 1.807) is 0 Å². The minimum absolute atomic E-state index is 0.0444. The highest BCUT2D eigenvalue weighted by Crippen LogP contribution is 2.37. The summed E-state index contributed by atoms with van der Waals surface area (Å²) in [5.41, 5.74) is 0. The lowest BCUT2D eigenvalue weighted by Crippen LogP contribution is -2.43. The molecule has 1 aliphatic heterocycles. The second-order valence-corrected chi connectivity index (χ2v) is 13.3. The third kappa shape index (κ3) is 6.42. The summed E-state index contributed by atoms with van der Waals surface area (Å²) < 4.78 is 17.4. The van der Waals surface area contributed by atoms with Crippen molar-refractivity contribution in [2.45, 2.75) is 96.4 Å². The highest BCUT2D eigenvalue weighted by molar-refractivity contribution is 6.74. The molecule has 6 nitrogen and oxygen atoms in total. The zero-order valence-electron chi connectivity index (χ0n) is 16.4. The van der Waals surface area contributed by atoms with Crippen LogP contribution in [-0.4, -0.2) is 44.4 Å². The lowest BCUT2D eigenvalue weighted by molar-refractivity contribution is -0.525. The first-order chi connectivity index (χ1) is 10.9. The number of ether oxygens (including phenoxy) is 2. The number of nitro groups is 1. The maximum atomic E-state index is 11.4. The Hall–Kier alpha value is -0.503. The van der Waals surface area contributed by atoms with E-state index >= 15 is 0 Å². The summed E-state index contributed by atoms with van der Waals surface area (Å²) in [5, 5.41) is 11.5. The normalized spacial score (nSPS) is 20.8. The molecule has 1 rings (SSSR count). The van der Waals surface area contributed by atoms with E-state index in [4.69, 9.17) is 13.9 Å². The molecule has 2 atom stereocenters. The number of nitrogens with zero attached hydrogens (tertiary/aromatic N) is 1. The Kier molecular flexibility index (Phi) is 7.40. The number of rotatable bonds is 9. The summed E-state index contributed by atoms with van der Waals surface area (Å²) in [6, 6.07) is -0.569. The molecule has 1 aliphatic rings. The van der Waals surface area contributed by atoms with Gasteiger partial charge in [0, 0.05) is 30.3 Å². The van der Waals surface area contributed by atoms with E-state index in [1.165, 1.54) is 0 Å². The van der Waals surface area contributed by atoms with Crippen LogP contribution in [0.3, 0.4) is 0 Å². The van der Waals surface area contributed by atoms with Gasteiger partial charge in [-0.1, -0.05) is 20.8 Å². The molecule has 0 spiro atoms. The molecule has 0 saturated carbocycles. The van der Waals surface area contributed by atoms with E-state index in [0.717, 1.165) is 0 Å². The van der Waals surface area contributed by atoms with E-state index in [-0.39, 0.29) is 16.1 Å². The molecule has 142 valence electrons. The molecular weight excluding hydrogens is 326 g/mol. The van der Waals surface area contributed by atoms with Crippen molar-refractivity contribution >= 4 is 8.32 Å². The largest absolute Gasteiger partial charge is 0.414 e. The minimum Gasteiger partial charge on any atom is -0.414 e. The molecule has 2 unspecified atom stereocenters. The summed E-state index contributed by atoms with van der Waals surface area (Å²) >= 11 is 0. The molecule has 0 radical (unpaired) electrons. The zero-order valence-corrected chi connectivity index (χ0v) is 17.4.